The SMILES string of the molecule is CC#CC(OC(c1ccccc1)c1ccccc1)C(=O)O. The molecule has 0 aliphatic carbocycles. The molecule has 0 amide bonds. The van der Waals surface area contributed by atoms with Gasteiger partial charge in [0.25, 0.3) is 0 Å². The summed E-state index contributed by atoms with van der Waals surface area (Å²) < 4.78 is 5.75. The first kappa shape index (κ1) is 14.8. The summed E-state index contributed by atoms with van der Waals surface area (Å²) in [5.41, 5.74) is 1.79. The molecule has 0 fully saturated rings. The minimum atomic E-state index is -1.15. The molecule has 0 saturated carbocycles. The fraction of sp³-hybridized carbons (Fsp3) is 0.167. The summed E-state index contributed by atoms with van der Waals surface area (Å²) in [6.07, 6.45) is -1.62. The molecule has 0 bridgehead atoms. The Hall–Kier alpha value is -2.57. The molecule has 2 aromatic carbocycles. The summed E-state index contributed by atoms with van der Waals surface area (Å²) in [7, 11) is 0. The Morgan fingerprint density at radius 1 is 1.00 bits per heavy atom. The van der Waals surface area contributed by atoms with E-state index in [9.17, 15) is 9.90 Å². The van der Waals surface area contributed by atoms with Crippen LogP contribution in [0.3, 0.4) is 0 Å². The number of rotatable bonds is 5. The lowest BCUT2D eigenvalue weighted by Gasteiger charge is -2.20. The molecule has 0 radical (unpaired) electrons. The van der Waals surface area contributed by atoms with Gasteiger partial charge in [-0.2, -0.15) is 0 Å². The molecule has 1 unspecified atom stereocenters. The van der Waals surface area contributed by atoms with Crippen LogP contribution < -0.4 is 0 Å². The van der Waals surface area contributed by atoms with E-state index in [-0.39, 0.29) is 0 Å². The van der Waals surface area contributed by atoms with Crippen LogP contribution in [0, 0.1) is 11.8 Å². The summed E-state index contributed by atoms with van der Waals surface area (Å²) in [6.45, 7) is 1.60. The zero-order valence-electron chi connectivity index (χ0n) is 11.7. The molecule has 3 nitrogen and oxygen atoms in total. The summed E-state index contributed by atoms with van der Waals surface area (Å²) in [6, 6.07) is 19.1. The van der Waals surface area contributed by atoms with Gasteiger partial charge in [0.1, 0.15) is 6.10 Å². The molecular formula is C18H16O3. The minimum Gasteiger partial charge on any atom is -0.479 e. The quantitative estimate of drug-likeness (QED) is 0.855. The van der Waals surface area contributed by atoms with Crippen molar-refractivity contribution < 1.29 is 14.6 Å². The van der Waals surface area contributed by atoms with Gasteiger partial charge in [-0.15, -0.1) is 5.92 Å². The van der Waals surface area contributed by atoms with Gasteiger partial charge in [0.15, 0.2) is 0 Å². The van der Waals surface area contributed by atoms with Crippen LogP contribution in [0.5, 0.6) is 0 Å². The van der Waals surface area contributed by atoms with Crippen molar-refractivity contribution in [2.75, 3.05) is 0 Å². The van der Waals surface area contributed by atoms with Gasteiger partial charge in [0.05, 0.1) is 0 Å². The monoisotopic (exact) mass is 280 g/mol. The Balaban J connectivity index is 2.37. The fourth-order valence-corrected chi connectivity index (χ4v) is 2.03. The van der Waals surface area contributed by atoms with E-state index in [0.29, 0.717) is 0 Å². The molecule has 3 heteroatoms. The highest BCUT2D eigenvalue weighted by Gasteiger charge is 2.23. The van der Waals surface area contributed by atoms with Gasteiger partial charge < -0.3 is 9.84 Å². The van der Waals surface area contributed by atoms with Crippen molar-refractivity contribution >= 4 is 5.97 Å². The van der Waals surface area contributed by atoms with Gasteiger partial charge in [-0.25, -0.2) is 4.79 Å². The molecule has 1 atom stereocenters. The predicted molar refractivity (Wildman–Crippen MR) is 80.7 cm³/mol. The topological polar surface area (TPSA) is 46.5 Å². The number of carboxylic acid groups (broad SMARTS) is 1. The molecule has 0 aliphatic heterocycles. The maximum Gasteiger partial charge on any atom is 0.345 e. The molecule has 0 heterocycles. The molecule has 21 heavy (non-hydrogen) atoms. The first-order valence-electron chi connectivity index (χ1n) is 6.63. The van der Waals surface area contributed by atoms with E-state index < -0.39 is 18.2 Å². The van der Waals surface area contributed by atoms with Crippen LogP contribution in [0.25, 0.3) is 0 Å². The molecular weight excluding hydrogens is 264 g/mol. The Labute approximate surface area is 124 Å². The van der Waals surface area contributed by atoms with Crippen molar-refractivity contribution in [2.45, 2.75) is 19.1 Å². The second-order valence-corrected chi connectivity index (χ2v) is 4.45. The van der Waals surface area contributed by atoms with E-state index in [4.69, 9.17) is 4.74 Å². The van der Waals surface area contributed by atoms with Gasteiger partial charge in [-0.1, -0.05) is 66.6 Å². The lowest BCUT2D eigenvalue weighted by molar-refractivity contribution is -0.148. The van der Waals surface area contributed by atoms with Crippen molar-refractivity contribution in [1.29, 1.82) is 0 Å². The van der Waals surface area contributed by atoms with E-state index in [1.165, 1.54) is 0 Å². The lowest BCUT2D eigenvalue weighted by atomic mass is 10.0. The van der Waals surface area contributed by atoms with Crippen LogP contribution in [-0.4, -0.2) is 17.2 Å². The lowest BCUT2D eigenvalue weighted by Crippen LogP contribution is -2.25. The number of hydrogen-bond acceptors (Lipinski definition) is 2. The van der Waals surface area contributed by atoms with E-state index in [2.05, 4.69) is 11.8 Å². The number of hydrogen-bond donors (Lipinski definition) is 1. The second-order valence-electron chi connectivity index (χ2n) is 4.45. The Morgan fingerprint density at radius 2 is 1.48 bits per heavy atom. The minimum absolute atomic E-state index is 0.464. The van der Waals surface area contributed by atoms with Crippen LogP contribution >= 0.6 is 0 Å². The van der Waals surface area contributed by atoms with Crippen molar-refractivity contribution in [1.82, 2.24) is 0 Å². The Kier molecular flexibility index (Phi) is 5.14. The van der Waals surface area contributed by atoms with Crippen molar-refractivity contribution in [3.63, 3.8) is 0 Å². The zero-order valence-corrected chi connectivity index (χ0v) is 11.7. The highest BCUT2D eigenvalue weighted by molar-refractivity contribution is 5.76. The smallest absolute Gasteiger partial charge is 0.345 e. The molecule has 0 saturated heterocycles. The third kappa shape index (κ3) is 3.95. The van der Waals surface area contributed by atoms with Crippen LogP contribution in [0.15, 0.2) is 60.7 Å². The van der Waals surface area contributed by atoms with Crippen LogP contribution in [-0.2, 0) is 9.53 Å². The zero-order chi connectivity index (χ0) is 15.1. The van der Waals surface area contributed by atoms with Crippen LogP contribution in [0.4, 0.5) is 0 Å². The van der Waals surface area contributed by atoms with E-state index >= 15 is 0 Å². The molecule has 0 aliphatic rings. The third-order valence-electron chi connectivity index (χ3n) is 2.98. The number of carboxylic acids is 1. The fourth-order valence-electron chi connectivity index (χ4n) is 2.03. The molecule has 1 N–H and O–H groups in total. The van der Waals surface area contributed by atoms with Gasteiger partial charge in [-0.3, -0.25) is 0 Å². The van der Waals surface area contributed by atoms with E-state index in [1.807, 2.05) is 60.7 Å². The first-order chi connectivity index (χ1) is 10.2. The van der Waals surface area contributed by atoms with Gasteiger partial charge in [0, 0.05) is 0 Å². The highest BCUT2D eigenvalue weighted by atomic mass is 16.5. The molecule has 0 spiro atoms. The number of ether oxygens (including phenoxy) is 1. The van der Waals surface area contributed by atoms with Crippen molar-refractivity contribution in [2.24, 2.45) is 0 Å². The molecule has 0 aromatic heterocycles. The Bertz CT molecular complexity index is 599. The normalized spacial score (nSPS) is 11.5. The van der Waals surface area contributed by atoms with E-state index in [1.54, 1.807) is 6.92 Å². The van der Waals surface area contributed by atoms with Gasteiger partial charge >= 0.3 is 5.97 Å². The molecule has 106 valence electrons. The van der Waals surface area contributed by atoms with Crippen molar-refractivity contribution in [3.05, 3.63) is 71.8 Å². The largest absolute Gasteiger partial charge is 0.479 e. The van der Waals surface area contributed by atoms with Gasteiger partial charge in [0.2, 0.25) is 6.10 Å². The van der Waals surface area contributed by atoms with Gasteiger partial charge in [-0.05, 0) is 18.1 Å². The predicted octanol–water partition coefficient (Wildman–Crippen LogP) is 3.27. The first-order valence-corrected chi connectivity index (χ1v) is 6.63. The van der Waals surface area contributed by atoms with E-state index in [0.717, 1.165) is 11.1 Å². The summed E-state index contributed by atoms with van der Waals surface area (Å²) in [5, 5.41) is 9.22. The summed E-state index contributed by atoms with van der Waals surface area (Å²) >= 11 is 0. The maximum atomic E-state index is 11.3. The van der Waals surface area contributed by atoms with Crippen LogP contribution in [0.2, 0.25) is 0 Å². The van der Waals surface area contributed by atoms with Crippen molar-refractivity contribution in [3.8, 4) is 11.8 Å². The maximum absolute atomic E-state index is 11.3. The average molecular weight is 280 g/mol. The number of benzene rings is 2. The average Bonchev–Trinajstić information content (AvgIpc) is 2.53. The second kappa shape index (κ2) is 7.28. The summed E-state index contributed by atoms with van der Waals surface area (Å²) in [4.78, 5) is 11.3. The standard InChI is InChI=1S/C18H16O3/c1-2-9-16(18(19)20)21-17(14-10-5-3-6-11-14)15-12-7-4-8-13-15/h3-8,10-13,16-17H,1H3,(H,19,20). The molecule has 2 rings (SSSR count). The van der Waals surface area contributed by atoms with Crippen LogP contribution in [0.1, 0.15) is 24.2 Å². The summed E-state index contributed by atoms with van der Waals surface area (Å²) in [5.74, 6) is 4.10. The third-order valence-corrected chi connectivity index (χ3v) is 2.98. The molecule has 2 aromatic rings. The highest BCUT2D eigenvalue weighted by Crippen LogP contribution is 2.27. The number of carbonyl (C=O) groups is 1. The Morgan fingerprint density at radius 3 is 1.86 bits per heavy atom. The number of aliphatic carboxylic acids is 1.